The van der Waals surface area contributed by atoms with Crippen LogP contribution in [0.25, 0.3) is 0 Å². The van der Waals surface area contributed by atoms with Crippen molar-refractivity contribution in [2.75, 3.05) is 16.8 Å². The highest BCUT2D eigenvalue weighted by atomic mass is 16.6. The normalized spacial score (nSPS) is 12.7. The van der Waals surface area contributed by atoms with Crippen molar-refractivity contribution in [2.24, 2.45) is 0 Å². The van der Waals surface area contributed by atoms with Gasteiger partial charge in [0.05, 0.1) is 29.9 Å². The summed E-state index contributed by atoms with van der Waals surface area (Å²) in [7, 11) is 0. The minimum absolute atomic E-state index is 0.176. The van der Waals surface area contributed by atoms with Gasteiger partial charge in [0, 0.05) is 24.5 Å². The highest BCUT2D eigenvalue weighted by Gasteiger charge is 2.32. The smallest absolute Gasteiger partial charge is 0.407 e. The Kier molecular flexibility index (Phi) is 8.25. The zero-order valence-corrected chi connectivity index (χ0v) is 24.3. The van der Waals surface area contributed by atoms with Crippen LogP contribution in [0.3, 0.4) is 0 Å². The molecule has 218 valence electrons. The molecule has 0 saturated heterocycles. The van der Waals surface area contributed by atoms with Crippen molar-refractivity contribution < 1.29 is 19.1 Å². The van der Waals surface area contributed by atoms with Gasteiger partial charge in [0.25, 0.3) is 11.8 Å². The molecule has 3 amide bonds. The topological polar surface area (TPSA) is 129 Å². The Hall–Kier alpha value is -5.43. The lowest BCUT2D eigenvalue weighted by atomic mass is 10.0. The Morgan fingerprint density at radius 1 is 0.977 bits per heavy atom. The highest BCUT2D eigenvalue weighted by molar-refractivity contribution is 6.15. The van der Waals surface area contributed by atoms with E-state index in [4.69, 9.17) is 10.00 Å². The predicted octanol–water partition coefficient (Wildman–Crippen LogP) is 5.28. The zero-order valence-electron chi connectivity index (χ0n) is 24.3. The van der Waals surface area contributed by atoms with Crippen molar-refractivity contribution in [1.29, 1.82) is 5.26 Å². The van der Waals surface area contributed by atoms with E-state index < -0.39 is 17.6 Å². The van der Waals surface area contributed by atoms with Gasteiger partial charge in [0.1, 0.15) is 11.3 Å². The quantitative estimate of drug-likeness (QED) is 0.308. The van der Waals surface area contributed by atoms with Crippen molar-refractivity contribution in [1.82, 2.24) is 15.1 Å². The number of rotatable bonds is 7. The van der Waals surface area contributed by atoms with Crippen LogP contribution in [0.5, 0.6) is 0 Å². The third kappa shape index (κ3) is 7.08. The lowest BCUT2D eigenvalue weighted by Crippen LogP contribution is -2.41. The molecule has 10 nitrogen and oxygen atoms in total. The van der Waals surface area contributed by atoms with Crippen LogP contribution < -0.4 is 15.5 Å². The minimum atomic E-state index is -0.554. The predicted molar refractivity (Wildman–Crippen MR) is 162 cm³/mol. The van der Waals surface area contributed by atoms with Crippen LogP contribution in [0.1, 0.15) is 63.9 Å². The molecule has 1 aromatic heterocycles. The molecule has 1 aliphatic rings. The number of nitrogens with one attached hydrogen (secondary N) is 2. The van der Waals surface area contributed by atoms with Crippen molar-refractivity contribution in [3.63, 3.8) is 0 Å². The molecule has 0 spiro atoms. The first kappa shape index (κ1) is 29.1. The monoisotopic (exact) mass is 576 g/mol. The van der Waals surface area contributed by atoms with Crippen LogP contribution in [-0.4, -0.2) is 39.8 Å². The average molecular weight is 577 g/mol. The summed E-state index contributed by atoms with van der Waals surface area (Å²) in [5, 5.41) is 18.9. The molecule has 2 N–H and O–H groups in total. The Bertz CT molecular complexity index is 1710. The minimum Gasteiger partial charge on any atom is -0.444 e. The summed E-state index contributed by atoms with van der Waals surface area (Å²) in [5.41, 5.74) is 4.57. The molecule has 0 aliphatic carbocycles. The first-order valence-electron chi connectivity index (χ1n) is 13.9. The largest absolute Gasteiger partial charge is 0.444 e. The summed E-state index contributed by atoms with van der Waals surface area (Å²) in [5.74, 6) is -0.775. The Morgan fingerprint density at radius 2 is 1.72 bits per heavy atom. The molecule has 0 radical (unpaired) electrons. The molecule has 0 unspecified atom stereocenters. The third-order valence-corrected chi connectivity index (χ3v) is 6.80. The van der Waals surface area contributed by atoms with Gasteiger partial charge in [-0.05, 0) is 74.2 Å². The fraction of sp³-hybridized carbons (Fsp3) is 0.242. The number of nitrogens with zero attached hydrogens (tertiary/aromatic N) is 4. The van der Waals surface area contributed by atoms with Crippen LogP contribution in [0.15, 0.2) is 79.0 Å². The summed E-state index contributed by atoms with van der Waals surface area (Å²) >= 11 is 0. The number of nitriles is 1. The first-order chi connectivity index (χ1) is 20.6. The molecule has 3 aromatic carbocycles. The molecule has 10 heteroatoms. The van der Waals surface area contributed by atoms with E-state index in [1.807, 2.05) is 75.4 Å². The van der Waals surface area contributed by atoms with E-state index in [-0.39, 0.29) is 17.2 Å². The van der Waals surface area contributed by atoms with Gasteiger partial charge in [0.15, 0.2) is 0 Å². The Morgan fingerprint density at radius 3 is 2.47 bits per heavy atom. The van der Waals surface area contributed by atoms with E-state index in [9.17, 15) is 14.4 Å². The number of ether oxygens (including phenoxy) is 1. The van der Waals surface area contributed by atoms with E-state index in [1.54, 1.807) is 33.8 Å². The highest BCUT2D eigenvalue weighted by Crippen LogP contribution is 2.25. The van der Waals surface area contributed by atoms with Gasteiger partial charge < -0.3 is 20.3 Å². The van der Waals surface area contributed by atoms with Gasteiger partial charge >= 0.3 is 6.09 Å². The second-order valence-corrected chi connectivity index (χ2v) is 11.3. The van der Waals surface area contributed by atoms with Gasteiger partial charge in [-0.3, -0.25) is 14.3 Å². The number of hydrogen-bond donors (Lipinski definition) is 2. The number of anilines is 2. The van der Waals surface area contributed by atoms with Crippen molar-refractivity contribution in [3.8, 4) is 6.07 Å². The molecular weight excluding hydrogens is 544 g/mol. The summed E-state index contributed by atoms with van der Waals surface area (Å²) < 4.78 is 6.86. The molecule has 0 saturated carbocycles. The number of alkyl carbamates (subject to hydrolysis) is 1. The lowest BCUT2D eigenvalue weighted by Gasteiger charge is -2.28. The molecule has 1 aliphatic heterocycles. The van der Waals surface area contributed by atoms with Crippen molar-refractivity contribution in [3.05, 3.63) is 113 Å². The van der Waals surface area contributed by atoms with Crippen LogP contribution in [0.2, 0.25) is 0 Å². The Labute approximate surface area is 249 Å². The molecular formula is C33H32N6O4. The van der Waals surface area contributed by atoms with E-state index in [0.29, 0.717) is 37.3 Å². The maximum atomic E-state index is 13.6. The number of fused-ring (bicyclic) bond motifs is 1. The van der Waals surface area contributed by atoms with Crippen LogP contribution in [0, 0.1) is 11.3 Å². The number of hydrogen-bond acceptors (Lipinski definition) is 6. The molecule has 4 aromatic rings. The third-order valence-electron chi connectivity index (χ3n) is 6.80. The number of carbonyl (C=O) groups is 3. The molecule has 5 rings (SSSR count). The fourth-order valence-electron chi connectivity index (χ4n) is 4.85. The van der Waals surface area contributed by atoms with E-state index >= 15 is 0 Å². The Balaban J connectivity index is 1.24. The molecule has 2 heterocycles. The fourth-order valence-corrected chi connectivity index (χ4v) is 4.85. The lowest BCUT2D eigenvalue weighted by molar-refractivity contribution is 0.0523. The maximum Gasteiger partial charge on any atom is 0.407 e. The van der Waals surface area contributed by atoms with Gasteiger partial charge in [-0.2, -0.15) is 10.4 Å². The summed E-state index contributed by atoms with van der Waals surface area (Å²) in [6.07, 6.45) is 1.63. The average Bonchev–Trinajstić information content (AvgIpc) is 3.42. The zero-order chi connectivity index (χ0) is 30.6. The van der Waals surface area contributed by atoms with E-state index in [1.165, 1.54) is 6.20 Å². The second kappa shape index (κ2) is 12.2. The van der Waals surface area contributed by atoms with Gasteiger partial charge in [0.2, 0.25) is 0 Å². The molecule has 0 bridgehead atoms. The molecule has 0 atom stereocenters. The summed E-state index contributed by atoms with van der Waals surface area (Å²) in [4.78, 5) is 40.3. The van der Waals surface area contributed by atoms with E-state index in [2.05, 4.69) is 15.7 Å². The number of amides is 3. The second-order valence-electron chi connectivity index (χ2n) is 11.3. The van der Waals surface area contributed by atoms with Crippen molar-refractivity contribution in [2.45, 2.75) is 45.9 Å². The number of carbonyl (C=O) groups excluding carboxylic acids is 3. The van der Waals surface area contributed by atoms with Gasteiger partial charge in [-0.15, -0.1) is 0 Å². The van der Waals surface area contributed by atoms with E-state index in [0.717, 1.165) is 22.4 Å². The number of aromatic nitrogens is 2. The maximum absolute atomic E-state index is 13.6. The SMILES string of the molecule is CC(C)(C)OC(=O)NCc1cccc(Cc2ccc(N3CCn4ncc(C(=O)Nc5cccc(C#N)c5)c4C3=O)cc2)c1. The van der Waals surface area contributed by atoms with Crippen LogP contribution in [-0.2, 0) is 24.2 Å². The van der Waals surface area contributed by atoms with Gasteiger partial charge in [-0.1, -0.05) is 42.5 Å². The summed E-state index contributed by atoms with van der Waals surface area (Å²) in [6, 6.07) is 24.4. The molecule has 0 fully saturated rings. The van der Waals surface area contributed by atoms with Crippen LogP contribution >= 0.6 is 0 Å². The van der Waals surface area contributed by atoms with Crippen molar-refractivity contribution >= 4 is 29.3 Å². The first-order valence-corrected chi connectivity index (χ1v) is 13.9. The van der Waals surface area contributed by atoms with Gasteiger partial charge in [-0.25, -0.2) is 4.79 Å². The van der Waals surface area contributed by atoms with Crippen LogP contribution in [0.4, 0.5) is 16.2 Å². The standard InChI is InChI=1S/C33H32N6O4/c1-33(2,3)43-32(42)35-20-25-8-4-6-23(17-25)16-22-10-12-27(13-11-22)38-14-15-39-29(31(38)41)28(21-36-39)30(40)37-26-9-5-7-24(18-26)19-34/h4-13,17-18,21H,14-16,20H2,1-3H3,(H,35,42)(H,37,40). The summed E-state index contributed by atoms with van der Waals surface area (Å²) in [6.45, 7) is 6.71. The number of benzene rings is 3. The molecule has 43 heavy (non-hydrogen) atoms.